The van der Waals surface area contributed by atoms with Gasteiger partial charge in [-0.1, -0.05) is 59.6 Å². The van der Waals surface area contributed by atoms with Crippen LogP contribution in [0.4, 0.5) is 4.39 Å². The fourth-order valence-electron chi connectivity index (χ4n) is 3.28. The second-order valence-electron chi connectivity index (χ2n) is 6.92. The lowest BCUT2D eigenvalue weighted by Gasteiger charge is -2.16. The molecule has 0 spiro atoms. The Hall–Kier alpha value is -3.41. The molecule has 0 aliphatic carbocycles. The van der Waals surface area contributed by atoms with Crippen LogP contribution in [0.1, 0.15) is 16.1 Å². The monoisotopic (exact) mass is 467 g/mol. The molecule has 7 heteroatoms. The van der Waals surface area contributed by atoms with E-state index in [9.17, 15) is 14.3 Å². The van der Waals surface area contributed by atoms with Crippen molar-refractivity contribution < 1.29 is 19.0 Å². The molecule has 32 heavy (non-hydrogen) atoms. The molecular weight excluding hydrogens is 452 g/mol. The summed E-state index contributed by atoms with van der Waals surface area (Å²) in [6, 6.07) is 21.8. The van der Waals surface area contributed by atoms with Gasteiger partial charge >= 0.3 is 5.97 Å². The number of carboxylic acid groups (broad SMARTS) is 1. The largest absolute Gasteiger partial charge is 0.488 e. The maximum atomic E-state index is 14.2. The number of carbonyl (C=O) groups is 1. The van der Waals surface area contributed by atoms with Gasteiger partial charge in [0.15, 0.2) is 0 Å². The minimum absolute atomic E-state index is 0.00739. The SMILES string of the molecule is O=C(O)c1cccc(-c2ccccc2-c2cc(Cl)ccc2OCc2ccc(Cl)cc2F)n1. The van der Waals surface area contributed by atoms with Crippen molar-refractivity contribution >= 4 is 29.2 Å². The molecule has 0 aliphatic rings. The molecule has 0 bridgehead atoms. The van der Waals surface area contributed by atoms with E-state index in [0.29, 0.717) is 38.2 Å². The molecule has 0 saturated heterocycles. The topological polar surface area (TPSA) is 59.4 Å². The number of halogens is 3. The number of pyridine rings is 1. The van der Waals surface area contributed by atoms with Gasteiger partial charge in [-0.05, 0) is 48.0 Å². The fourth-order valence-corrected chi connectivity index (χ4v) is 3.61. The molecule has 160 valence electrons. The average molecular weight is 468 g/mol. The van der Waals surface area contributed by atoms with Gasteiger partial charge in [0.05, 0.1) is 5.69 Å². The molecule has 3 aromatic carbocycles. The molecule has 0 unspecified atom stereocenters. The van der Waals surface area contributed by atoms with Crippen LogP contribution in [0.25, 0.3) is 22.4 Å². The Morgan fingerprint density at radius 1 is 0.875 bits per heavy atom. The van der Waals surface area contributed by atoms with Crippen LogP contribution in [-0.4, -0.2) is 16.1 Å². The van der Waals surface area contributed by atoms with Crippen molar-refractivity contribution in [2.75, 3.05) is 0 Å². The maximum absolute atomic E-state index is 14.2. The van der Waals surface area contributed by atoms with Crippen molar-refractivity contribution in [3.8, 4) is 28.1 Å². The Bertz CT molecular complexity index is 1310. The zero-order chi connectivity index (χ0) is 22.7. The average Bonchev–Trinajstić information content (AvgIpc) is 2.79. The molecular formula is C25H16Cl2FNO3. The van der Waals surface area contributed by atoms with Crippen molar-refractivity contribution in [3.63, 3.8) is 0 Å². The van der Waals surface area contributed by atoms with Gasteiger partial charge < -0.3 is 9.84 Å². The van der Waals surface area contributed by atoms with Crippen LogP contribution < -0.4 is 4.74 Å². The Morgan fingerprint density at radius 2 is 1.59 bits per heavy atom. The number of rotatable bonds is 6. The highest BCUT2D eigenvalue weighted by Crippen LogP contribution is 2.38. The third kappa shape index (κ3) is 4.74. The van der Waals surface area contributed by atoms with E-state index in [1.807, 2.05) is 24.3 Å². The molecule has 1 aromatic heterocycles. The smallest absolute Gasteiger partial charge is 0.354 e. The molecule has 0 fully saturated rings. The Balaban J connectivity index is 1.75. The predicted molar refractivity (Wildman–Crippen MR) is 123 cm³/mol. The Labute approximate surface area is 193 Å². The van der Waals surface area contributed by atoms with Crippen LogP contribution in [0, 0.1) is 5.82 Å². The number of nitrogens with zero attached hydrogens (tertiary/aromatic N) is 1. The Morgan fingerprint density at radius 3 is 2.34 bits per heavy atom. The van der Waals surface area contributed by atoms with Crippen LogP contribution >= 0.6 is 23.2 Å². The van der Waals surface area contributed by atoms with Crippen LogP contribution in [0.15, 0.2) is 78.9 Å². The first kappa shape index (κ1) is 21.8. The van der Waals surface area contributed by atoms with Crippen molar-refractivity contribution in [2.45, 2.75) is 6.61 Å². The molecule has 0 amide bonds. The minimum atomic E-state index is -1.11. The molecule has 4 rings (SSSR count). The maximum Gasteiger partial charge on any atom is 0.354 e. The molecule has 4 aromatic rings. The van der Waals surface area contributed by atoms with Crippen molar-refractivity contribution in [1.82, 2.24) is 4.98 Å². The third-order valence-corrected chi connectivity index (χ3v) is 5.27. The van der Waals surface area contributed by atoms with Crippen LogP contribution in [0.5, 0.6) is 5.75 Å². The fraction of sp³-hybridized carbons (Fsp3) is 0.0400. The van der Waals surface area contributed by atoms with E-state index in [1.165, 1.54) is 12.1 Å². The van der Waals surface area contributed by atoms with E-state index in [-0.39, 0.29) is 12.3 Å². The third-order valence-electron chi connectivity index (χ3n) is 4.80. The Kier molecular flexibility index (Phi) is 6.40. The molecule has 0 atom stereocenters. The summed E-state index contributed by atoms with van der Waals surface area (Å²) in [5.41, 5.74) is 2.93. The first-order valence-electron chi connectivity index (χ1n) is 9.59. The number of aromatic carboxylic acids is 1. The van der Waals surface area contributed by atoms with Gasteiger partial charge in [0.2, 0.25) is 0 Å². The highest BCUT2D eigenvalue weighted by Gasteiger charge is 2.16. The lowest BCUT2D eigenvalue weighted by atomic mass is 9.96. The predicted octanol–water partition coefficient (Wildman–Crippen LogP) is 7.14. The highest BCUT2D eigenvalue weighted by atomic mass is 35.5. The summed E-state index contributed by atoms with van der Waals surface area (Å²) >= 11 is 12.1. The lowest BCUT2D eigenvalue weighted by molar-refractivity contribution is 0.0690. The van der Waals surface area contributed by atoms with E-state index in [0.717, 1.165) is 5.56 Å². The summed E-state index contributed by atoms with van der Waals surface area (Å²) in [6.45, 7) is -0.00739. The number of hydrogen-bond donors (Lipinski definition) is 1. The molecule has 0 radical (unpaired) electrons. The molecule has 0 aliphatic heterocycles. The van der Waals surface area contributed by atoms with Crippen molar-refractivity contribution in [2.24, 2.45) is 0 Å². The number of hydrogen-bond acceptors (Lipinski definition) is 3. The van der Waals surface area contributed by atoms with E-state index in [4.69, 9.17) is 27.9 Å². The van der Waals surface area contributed by atoms with Crippen LogP contribution in [0.2, 0.25) is 10.0 Å². The summed E-state index contributed by atoms with van der Waals surface area (Å²) < 4.78 is 20.1. The molecule has 1 N–H and O–H groups in total. The second-order valence-corrected chi connectivity index (χ2v) is 7.80. The van der Waals surface area contributed by atoms with Gasteiger partial charge in [-0.15, -0.1) is 0 Å². The minimum Gasteiger partial charge on any atom is -0.488 e. The summed E-state index contributed by atoms with van der Waals surface area (Å²) in [5.74, 6) is -1.07. The molecule has 1 heterocycles. The number of carboxylic acids is 1. The summed E-state index contributed by atoms with van der Waals surface area (Å²) in [5, 5.41) is 10.1. The van der Waals surface area contributed by atoms with E-state index < -0.39 is 11.8 Å². The summed E-state index contributed by atoms with van der Waals surface area (Å²) in [4.78, 5) is 15.6. The normalized spacial score (nSPS) is 10.7. The van der Waals surface area contributed by atoms with Crippen LogP contribution in [0.3, 0.4) is 0 Å². The first-order valence-corrected chi connectivity index (χ1v) is 10.3. The molecule has 4 nitrogen and oxygen atoms in total. The number of benzene rings is 3. The standard InChI is InChI=1S/C25H16Cl2FNO3/c26-16-10-11-24(32-14-15-8-9-17(27)13-21(15)28)20(12-16)18-4-1-2-5-19(18)22-6-3-7-23(29-22)25(30)31/h1-13H,14H2,(H,30,31). The van der Waals surface area contributed by atoms with E-state index in [1.54, 1.807) is 42.5 Å². The van der Waals surface area contributed by atoms with Crippen LogP contribution in [-0.2, 0) is 6.61 Å². The summed E-state index contributed by atoms with van der Waals surface area (Å²) in [7, 11) is 0. The van der Waals surface area contributed by atoms with Crippen molar-refractivity contribution in [3.05, 3.63) is 106 Å². The van der Waals surface area contributed by atoms with Gasteiger partial charge in [0.25, 0.3) is 0 Å². The second kappa shape index (κ2) is 9.39. The van der Waals surface area contributed by atoms with Crippen molar-refractivity contribution in [1.29, 1.82) is 0 Å². The van der Waals surface area contributed by atoms with E-state index in [2.05, 4.69) is 4.98 Å². The zero-order valence-corrected chi connectivity index (χ0v) is 18.1. The molecule has 0 saturated carbocycles. The first-order chi connectivity index (χ1) is 15.4. The van der Waals surface area contributed by atoms with Gasteiger partial charge in [-0.3, -0.25) is 0 Å². The zero-order valence-electron chi connectivity index (χ0n) is 16.6. The van der Waals surface area contributed by atoms with Gasteiger partial charge in [-0.2, -0.15) is 0 Å². The number of ether oxygens (including phenoxy) is 1. The van der Waals surface area contributed by atoms with Gasteiger partial charge in [0.1, 0.15) is 23.9 Å². The van der Waals surface area contributed by atoms with E-state index >= 15 is 0 Å². The summed E-state index contributed by atoms with van der Waals surface area (Å²) in [6.07, 6.45) is 0. The van der Waals surface area contributed by atoms with Gasteiger partial charge in [-0.25, -0.2) is 14.2 Å². The van der Waals surface area contributed by atoms with Gasteiger partial charge in [0, 0.05) is 26.7 Å². The number of aromatic nitrogens is 1. The highest BCUT2D eigenvalue weighted by molar-refractivity contribution is 6.31. The quantitative estimate of drug-likeness (QED) is 0.327. The lowest BCUT2D eigenvalue weighted by Crippen LogP contribution is -2.02.